The highest BCUT2D eigenvalue weighted by Crippen LogP contribution is 2.32. The second kappa shape index (κ2) is 1.77. The van der Waals surface area contributed by atoms with Gasteiger partial charge in [-0.3, -0.25) is 0 Å². The average molecular weight is 108 g/mol. The van der Waals surface area contributed by atoms with Gasteiger partial charge in [0.15, 0.2) is 0 Å². The molecule has 0 N–H and O–H groups in total. The lowest BCUT2D eigenvalue weighted by atomic mass is 9.89. The molecule has 0 bridgehead atoms. The Labute approximate surface area is 50.9 Å². The topological polar surface area (TPSA) is 0 Å². The molecule has 0 aromatic rings. The smallest absolute Gasteiger partial charge is 0.00803 e. The van der Waals surface area contributed by atoms with Gasteiger partial charge in [0, 0.05) is 0 Å². The van der Waals surface area contributed by atoms with Crippen LogP contribution in [0.25, 0.3) is 0 Å². The molecule has 1 aliphatic rings. The molecule has 0 radical (unpaired) electrons. The zero-order chi connectivity index (χ0) is 6.04. The SMILES string of the molecule is C=CC1(C)CC=CC1. The summed E-state index contributed by atoms with van der Waals surface area (Å²) in [4.78, 5) is 0. The summed E-state index contributed by atoms with van der Waals surface area (Å²) in [5.74, 6) is 0. The molecule has 8 heavy (non-hydrogen) atoms. The summed E-state index contributed by atoms with van der Waals surface area (Å²) in [7, 11) is 0. The van der Waals surface area contributed by atoms with Gasteiger partial charge in [0.2, 0.25) is 0 Å². The van der Waals surface area contributed by atoms with E-state index >= 15 is 0 Å². The van der Waals surface area contributed by atoms with E-state index in [1.165, 1.54) is 12.8 Å². The van der Waals surface area contributed by atoms with Gasteiger partial charge < -0.3 is 0 Å². The quantitative estimate of drug-likeness (QED) is 0.453. The van der Waals surface area contributed by atoms with Crippen molar-refractivity contribution in [2.75, 3.05) is 0 Å². The molecule has 0 saturated carbocycles. The summed E-state index contributed by atoms with van der Waals surface area (Å²) in [6.07, 6.45) is 8.85. The highest BCUT2D eigenvalue weighted by atomic mass is 14.2. The molecule has 0 amide bonds. The van der Waals surface area contributed by atoms with E-state index in [-0.39, 0.29) is 0 Å². The van der Waals surface area contributed by atoms with Gasteiger partial charge in [0.05, 0.1) is 0 Å². The standard InChI is InChI=1S/C8H12/c1-3-8(2)6-4-5-7-8/h3-5H,1,6-7H2,2H3. The van der Waals surface area contributed by atoms with Crippen molar-refractivity contribution >= 4 is 0 Å². The third kappa shape index (κ3) is 0.835. The minimum atomic E-state index is 0.389. The Morgan fingerprint density at radius 1 is 1.50 bits per heavy atom. The van der Waals surface area contributed by atoms with Crippen molar-refractivity contribution in [3.63, 3.8) is 0 Å². The van der Waals surface area contributed by atoms with Crippen LogP contribution in [-0.4, -0.2) is 0 Å². The van der Waals surface area contributed by atoms with Crippen LogP contribution in [-0.2, 0) is 0 Å². The third-order valence-electron chi connectivity index (χ3n) is 1.83. The Bertz CT molecular complexity index is 112. The van der Waals surface area contributed by atoms with E-state index in [0.717, 1.165) is 0 Å². The third-order valence-corrected chi connectivity index (χ3v) is 1.83. The van der Waals surface area contributed by atoms with Crippen molar-refractivity contribution in [1.82, 2.24) is 0 Å². The average Bonchev–Trinajstić information content (AvgIpc) is 2.17. The van der Waals surface area contributed by atoms with Gasteiger partial charge in [0.25, 0.3) is 0 Å². The molecular weight excluding hydrogens is 96.1 g/mol. The summed E-state index contributed by atoms with van der Waals surface area (Å²) in [5, 5.41) is 0. The Morgan fingerprint density at radius 3 is 2.25 bits per heavy atom. The fraction of sp³-hybridized carbons (Fsp3) is 0.500. The van der Waals surface area contributed by atoms with Crippen molar-refractivity contribution < 1.29 is 0 Å². The highest BCUT2D eigenvalue weighted by molar-refractivity contribution is 5.07. The minimum Gasteiger partial charge on any atom is -0.103 e. The Morgan fingerprint density at radius 2 is 2.00 bits per heavy atom. The van der Waals surface area contributed by atoms with E-state index in [1.54, 1.807) is 0 Å². The number of allylic oxidation sites excluding steroid dienone is 3. The van der Waals surface area contributed by atoms with Crippen molar-refractivity contribution in [2.24, 2.45) is 5.41 Å². The largest absolute Gasteiger partial charge is 0.103 e. The fourth-order valence-electron chi connectivity index (χ4n) is 0.955. The van der Waals surface area contributed by atoms with Crippen molar-refractivity contribution in [1.29, 1.82) is 0 Å². The van der Waals surface area contributed by atoms with Crippen LogP contribution < -0.4 is 0 Å². The molecule has 1 rings (SSSR count). The van der Waals surface area contributed by atoms with Gasteiger partial charge in [-0.05, 0) is 18.3 Å². The predicted octanol–water partition coefficient (Wildman–Crippen LogP) is 2.53. The number of rotatable bonds is 1. The first-order valence-electron chi connectivity index (χ1n) is 3.05. The summed E-state index contributed by atoms with van der Waals surface area (Å²) >= 11 is 0. The molecule has 0 saturated heterocycles. The summed E-state index contributed by atoms with van der Waals surface area (Å²) in [6, 6.07) is 0. The van der Waals surface area contributed by atoms with E-state index in [2.05, 4.69) is 25.7 Å². The molecule has 0 nitrogen and oxygen atoms in total. The van der Waals surface area contributed by atoms with Crippen LogP contribution in [0.5, 0.6) is 0 Å². The second-order valence-electron chi connectivity index (χ2n) is 2.74. The second-order valence-corrected chi connectivity index (χ2v) is 2.74. The van der Waals surface area contributed by atoms with Gasteiger partial charge in [-0.15, -0.1) is 6.58 Å². The maximum Gasteiger partial charge on any atom is -0.00803 e. The van der Waals surface area contributed by atoms with Gasteiger partial charge in [-0.1, -0.05) is 25.2 Å². The monoisotopic (exact) mass is 108 g/mol. The first-order chi connectivity index (χ1) is 3.77. The normalized spacial score (nSPS) is 23.6. The van der Waals surface area contributed by atoms with Gasteiger partial charge in [-0.25, -0.2) is 0 Å². The maximum atomic E-state index is 3.77. The van der Waals surface area contributed by atoms with Gasteiger partial charge in [-0.2, -0.15) is 0 Å². The summed E-state index contributed by atoms with van der Waals surface area (Å²) < 4.78 is 0. The van der Waals surface area contributed by atoms with Crippen molar-refractivity contribution in [3.8, 4) is 0 Å². The Balaban J connectivity index is 2.58. The van der Waals surface area contributed by atoms with Crippen molar-refractivity contribution in [2.45, 2.75) is 19.8 Å². The predicted molar refractivity (Wildman–Crippen MR) is 36.7 cm³/mol. The molecule has 0 aliphatic heterocycles. The first kappa shape index (κ1) is 5.61. The number of hydrogen-bond donors (Lipinski definition) is 0. The molecule has 0 fully saturated rings. The Kier molecular flexibility index (Phi) is 1.24. The van der Waals surface area contributed by atoms with Crippen molar-refractivity contribution in [3.05, 3.63) is 24.8 Å². The molecule has 44 valence electrons. The van der Waals surface area contributed by atoms with Crippen LogP contribution in [0.2, 0.25) is 0 Å². The van der Waals surface area contributed by atoms with Gasteiger partial charge in [0.1, 0.15) is 0 Å². The molecule has 0 spiro atoms. The summed E-state index contributed by atoms with van der Waals surface area (Å²) in [5.41, 5.74) is 0.389. The molecular formula is C8H12. The van der Waals surface area contributed by atoms with Crippen LogP contribution in [0.15, 0.2) is 24.8 Å². The van der Waals surface area contributed by atoms with E-state index in [0.29, 0.717) is 5.41 Å². The van der Waals surface area contributed by atoms with Crippen LogP contribution in [0.1, 0.15) is 19.8 Å². The van der Waals surface area contributed by atoms with Crippen LogP contribution >= 0.6 is 0 Å². The summed E-state index contributed by atoms with van der Waals surface area (Å²) in [6.45, 7) is 6.01. The fourth-order valence-corrected chi connectivity index (χ4v) is 0.955. The van der Waals surface area contributed by atoms with E-state index in [1.807, 2.05) is 6.08 Å². The van der Waals surface area contributed by atoms with E-state index < -0.39 is 0 Å². The molecule has 0 heteroatoms. The van der Waals surface area contributed by atoms with Crippen LogP contribution in [0.3, 0.4) is 0 Å². The lowest BCUT2D eigenvalue weighted by Gasteiger charge is -2.16. The molecule has 1 aliphatic carbocycles. The van der Waals surface area contributed by atoms with E-state index in [4.69, 9.17) is 0 Å². The van der Waals surface area contributed by atoms with Crippen LogP contribution in [0, 0.1) is 5.41 Å². The lowest BCUT2D eigenvalue weighted by molar-refractivity contribution is 0.467. The zero-order valence-electron chi connectivity index (χ0n) is 5.35. The van der Waals surface area contributed by atoms with Crippen LogP contribution in [0.4, 0.5) is 0 Å². The molecule has 0 unspecified atom stereocenters. The molecule has 0 aromatic carbocycles. The van der Waals surface area contributed by atoms with Gasteiger partial charge >= 0.3 is 0 Å². The zero-order valence-corrected chi connectivity index (χ0v) is 5.35. The molecule has 0 aromatic heterocycles. The number of hydrogen-bond acceptors (Lipinski definition) is 0. The first-order valence-corrected chi connectivity index (χ1v) is 3.05. The Hall–Kier alpha value is -0.520. The maximum absolute atomic E-state index is 3.77. The minimum absolute atomic E-state index is 0.389. The lowest BCUT2D eigenvalue weighted by Crippen LogP contribution is -2.04. The highest BCUT2D eigenvalue weighted by Gasteiger charge is 2.19. The van der Waals surface area contributed by atoms with E-state index in [9.17, 15) is 0 Å². The molecule has 0 heterocycles. The molecule has 0 atom stereocenters.